The van der Waals surface area contributed by atoms with Crippen LogP contribution in [0.1, 0.15) is 22.9 Å². The van der Waals surface area contributed by atoms with Crippen molar-refractivity contribution >= 4 is 29.0 Å². The first-order valence-electron chi connectivity index (χ1n) is 9.45. The number of ether oxygens (including phenoxy) is 1. The molecule has 1 atom stereocenters. The Morgan fingerprint density at radius 3 is 2.59 bits per heavy atom. The molecule has 2 aromatic carbocycles. The number of rotatable bonds is 5. The number of anilines is 1. The van der Waals surface area contributed by atoms with E-state index in [9.17, 15) is 24.8 Å². The smallest absolute Gasteiger partial charge is 0.301 e. The molecule has 1 N–H and O–H groups in total. The van der Waals surface area contributed by atoms with Gasteiger partial charge in [0.05, 0.1) is 23.6 Å². The first-order valence-corrected chi connectivity index (χ1v) is 9.45. The van der Waals surface area contributed by atoms with Crippen molar-refractivity contribution in [2.45, 2.75) is 13.0 Å². The Kier molecular flexibility index (Phi) is 5.19. The highest BCUT2D eigenvalue weighted by molar-refractivity contribution is 6.51. The van der Waals surface area contributed by atoms with Crippen molar-refractivity contribution in [2.24, 2.45) is 0 Å². The van der Waals surface area contributed by atoms with Gasteiger partial charge in [-0.3, -0.25) is 24.6 Å². The lowest BCUT2D eigenvalue weighted by Crippen LogP contribution is -2.29. The van der Waals surface area contributed by atoms with Crippen molar-refractivity contribution in [1.82, 2.24) is 5.16 Å². The molecule has 32 heavy (non-hydrogen) atoms. The summed E-state index contributed by atoms with van der Waals surface area (Å²) < 4.78 is 10.2. The van der Waals surface area contributed by atoms with Gasteiger partial charge in [-0.05, 0) is 24.6 Å². The molecule has 0 saturated carbocycles. The van der Waals surface area contributed by atoms with Crippen molar-refractivity contribution in [3.63, 3.8) is 0 Å². The number of carbonyl (C=O) groups excluding carboxylic acids is 2. The molecule has 1 fully saturated rings. The summed E-state index contributed by atoms with van der Waals surface area (Å²) >= 11 is 0. The van der Waals surface area contributed by atoms with E-state index < -0.39 is 28.4 Å². The zero-order valence-electron chi connectivity index (χ0n) is 17.0. The Balaban J connectivity index is 1.96. The average molecular weight is 435 g/mol. The van der Waals surface area contributed by atoms with Crippen LogP contribution in [-0.2, 0) is 9.59 Å². The van der Waals surface area contributed by atoms with Crippen molar-refractivity contribution in [3.8, 4) is 5.75 Å². The van der Waals surface area contributed by atoms with Crippen molar-refractivity contribution in [1.29, 1.82) is 0 Å². The second kappa shape index (κ2) is 7.99. The second-order valence-electron chi connectivity index (χ2n) is 7.05. The number of methoxy groups -OCH3 is 1. The summed E-state index contributed by atoms with van der Waals surface area (Å²) in [6.07, 6.45) is 0. The van der Waals surface area contributed by atoms with E-state index in [1.54, 1.807) is 25.1 Å². The maximum absolute atomic E-state index is 13.0. The molecule has 1 amide bonds. The van der Waals surface area contributed by atoms with Gasteiger partial charge in [0.2, 0.25) is 0 Å². The normalized spacial score (nSPS) is 17.6. The van der Waals surface area contributed by atoms with Gasteiger partial charge in [0.1, 0.15) is 17.3 Å². The molecule has 1 aliphatic rings. The van der Waals surface area contributed by atoms with Gasteiger partial charge in [-0.15, -0.1) is 0 Å². The molecule has 10 heteroatoms. The molecule has 1 unspecified atom stereocenters. The maximum Gasteiger partial charge on any atom is 0.301 e. The quantitative estimate of drug-likeness (QED) is 0.211. The van der Waals surface area contributed by atoms with Crippen LogP contribution in [0.15, 0.2) is 64.7 Å². The van der Waals surface area contributed by atoms with Gasteiger partial charge < -0.3 is 14.4 Å². The van der Waals surface area contributed by atoms with E-state index in [-0.39, 0.29) is 28.2 Å². The zero-order chi connectivity index (χ0) is 23.0. The highest BCUT2D eigenvalue weighted by Gasteiger charge is 2.48. The molecule has 10 nitrogen and oxygen atoms in total. The SMILES string of the molecule is COc1cccc(C(O)=C2C(=O)C(=O)N(c3cc(C)on3)C2c2cccc([N+](=O)[O-])c2)c1. The third-order valence-corrected chi connectivity index (χ3v) is 5.05. The number of ketones is 1. The number of aliphatic hydroxyl groups excluding tert-OH is 1. The van der Waals surface area contributed by atoms with Crippen LogP contribution in [0.2, 0.25) is 0 Å². The molecule has 3 aromatic rings. The van der Waals surface area contributed by atoms with Gasteiger partial charge in [-0.25, -0.2) is 0 Å². The Labute approximate surface area is 181 Å². The molecule has 162 valence electrons. The number of benzene rings is 2. The number of Topliss-reactive ketones (excluding diaryl/α,β-unsaturated/α-hetero) is 1. The molecule has 1 saturated heterocycles. The number of aryl methyl sites for hydroxylation is 1. The van der Waals surface area contributed by atoms with Crippen LogP contribution in [0, 0.1) is 17.0 Å². The summed E-state index contributed by atoms with van der Waals surface area (Å²) in [6.45, 7) is 1.62. The van der Waals surface area contributed by atoms with E-state index in [1.165, 1.54) is 43.5 Å². The first-order chi connectivity index (χ1) is 15.3. The van der Waals surface area contributed by atoms with E-state index in [0.717, 1.165) is 4.90 Å². The monoisotopic (exact) mass is 435 g/mol. The number of non-ortho nitro benzene ring substituents is 1. The summed E-state index contributed by atoms with van der Waals surface area (Å²) in [4.78, 5) is 37.8. The summed E-state index contributed by atoms with van der Waals surface area (Å²) in [5.74, 6) is -1.47. The third-order valence-electron chi connectivity index (χ3n) is 5.05. The number of hydrogen-bond donors (Lipinski definition) is 1. The molecule has 4 rings (SSSR count). The van der Waals surface area contributed by atoms with Crippen molar-refractivity contribution in [3.05, 3.63) is 87.2 Å². The van der Waals surface area contributed by atoms with Gasteiger partial charge in [0, 0.05) is 23.8 Å². The molecule has 0 radical (unpaired) electrons. The Morgan fingerprint density at radius 2 is 1.94 bits per heavy atom. The Hall–Kier alpha value is -4.47. The fourth-order valence-electron chi connectivity index (χ4n) is 3.59. The van der Waals surface area contributed by atoms with Gasteiger partial charge in [0.15, 0.2) is 5.82 Å². The number of carbonyl (C=O) groups is 2. The fraction of sp³-hybridized carbons (Fsp3) is 0.136. The Morgan fingerprint density at radius 1 is 1.19 bits per heavy atom. The lowest BCUT2D eigenvalue weighted by atomic mass is 9.95. The number of nitro groups is 1. The largest absolute Gasteiger partial charge is 0.507 e. The number of aliphatic hydroxyl groups is 1. The third kappa shape index (κ3) is 3.47. The molecular formula is C22H17N3O7. The highest BCUT2D eigenvalue weighted by atomic mass is 16.6. The van der Waals surface area contributed by atoms with E-state index in [2.05, 4.69) is 5.16 Å². The summed E-state index contributed by atoms with van der Waals surface area (Å²) in [5, 5.41) is 26.2. The lowest BCUT2D eigenvalue weighted by molar-refractivity contribution is -0.384. The average Bonchev–Trinajstić information content (AvgIpc) is 3.34. The minimum atomic E-state index is -1.16. The van der Waals surface area contributed by atoms with Crippen LogP contribution in [0.3, 0.4) is 0 Å². The fourth-order valence-corrected chi connectivity index (χ4v) is 3.59. The minimum absolute atomic E-state index is 0.0470. The van der Waals surface area contributed by atoms with Gasteiger partial charge >= 0.3 is 5.91 Å². The molecule has 0 spiro atoms. The maximum atomic E-state index is 13.0. The van der Waals surface area contributed by atoms with Crippen LogP contribution in [-0.4, -0.2) is 34.0 Å². The second-order valence-corrected chi connectivity index (χ2v) is 7.05. The van der Waals surface area contributed by atoms with E-state index in [1.807, 2.05) is 0 Å². The molecule has 0 bridgehead atoms. The number of hydrogen-bond acceptors (Lipinski definition) is 8. The number of nitrogens with zero attached hydrogens (tertiary/aromatic N) is 3. The summed E-state index contributed by atoms with van der Waals surface area (Å²) in [5.41, 5.74) is 0.0350. The molecule has 0 aliphatic carbocycles. The predicted molar refractivity (Wildman–Crippen MR) is 112 cm³/mol. The number of aromatic nitrogens is 1. The van der Waals surface area contributed by atoms with E-state index in [4.69, 9.17) is 9.26 Å². The topological polar surface area (TPSA) is 136 Å². The van der Waals surface area contributed by atoms with Crippen LogP contribution in [0.25, 0.3) is 5.76 Å². The van der Waals surface area contributed by atoms with Crippen LogP contribution < -0.4 is 9.64 Å². The zero-order valence-corrected chi connectivity index (χ0v) is 17.0. The van der Waals surface area contributed by atoms with Crippen LogP contribution >= 0.6 is 0 Å². The molecule has 1 aliphatic heterocycles. The summed E-state index contributed by atoms with van der Waals surface area (Å²) in [7, 11) is 1.45. The van der Waals surface area contributed by atoms with Gasteiger partial charge in [-0.2, -0.15) is 0 Å². The summed E-state index contributed by atoms with van der Waals surface area (Å²) in [6, 6.07) is 12.1. The Bertz CT molecular complexity index is 1280. The number of nitro benzene ring substituents is 1. The van der Waals surface area contributed by atoms with E-state index in [0.29, 0.717) is 11.5 Å². The van der Waals surface area contributed by atoms with E-state index >= 15 is 0 Å². The first kappa shape index (κ1) is 20.8. The number of amides is 1. The van der Waals surface area contributed by atoms with Crippen LogP contribution in [0.5, 0.6) is 5.75 Å². The standard InChI is InChI=1S/C22H17N3O7/c1-12-9-17(23-32-12)24-19(13-5-3-7-15(10-13)25(29)30)18(21(27)22(24)28)20(26)14-6-4-8-16(11-14)31-2/h3-11,19,26H,1-2H3. The van der Waals surface area contributed by atoms with Gasteiger partial charge in [0.25, 0.3) is 11.5 Å². The molecular weight excluding hydrogens is 418 g/mol. The predicted octanol–water partition coefficient (Wildman–Crippen LogP) is 3.53. The lowest BCUT2D eigenvalue weighted by Gasteiger charge is -2.22. The van der Waals surface area contributed by atoms with Crippen molar-refractivity contribution in [2.75, 3.05) is 12.0 Å². The molecule has 1 aromatic heterocycles. The van der Waals surface area contributed by atoms with Crippen LogP contribution in [0.4, 0.5) is 11.5 Å². The van der Waals surface area contributed by atoms with Crippen molar-refractivity contribution < 1.29 is 28.9 Å². The minimum Gasteiger partial charge on any atom is -0.507 e. The molecule has 2 heterocycles. The van der Waals surface area contributed by atoms with Gasteiger partial charge in [-0.1, -0.05) is 29.4 Å². The highest BCUT2D eigenvalue weighted by Crippen LogP contribution is 2.42.